The smallest absolute Gasteiger partial charge is 0.124 e. The van der Waals surface area contributed by atoms with E-state index >= 15 is 0 Å². The Balaban J connectivity index is 2.80. The maximum Gasteiger partial charge on any atom is 0.124 e. The highest BCUT2D eigenvalue weighted by Gasteiger charge is 2.12. The van der Waals surface area contributed by atoms with Crippen LogP contribution in [0.5, 0.6) is 0 Å². The Labute approximate surface area is 101 Å². The number of hydrogen-bond donors (Lipinski definition) is 1. The first-order valence-corrected chi connectivity index (χ1v) is 5.58. The van der Waals surface area contributed by atoms with Gasteiger partial charge in [-0.25, -0.2) is 4.39 Å². The molecule has 0 heterocycles. The van der Waals surface area contributed by atoms with Crippen LogP contribution < -0.4 is 5.32 Å². The van der Waals surface area contributed by atoms with Crippen molar-refractivity contribution in [2.24, 2.45) is 0 Å². The molecule has 0 bridgehead atoms. The summed E-state index contributed by atoms with van der Waals surface area (Å²) in [6.45, 7) is 1.82. The lowest BCUT2D eigenvalue weighted by molar-refractivity contribution is 0.555. The molecule has 1 atom stereocenters. The van der Waals surface area contributed by atoms with E-state index in [0.717, 1.165) is 18.4 Å². The maximum absolute atomic E-state index is 12.9. The highest BCUT2D eigenvalue weighted by molar-refractivity contribution is 6.31. The first-order valence-electron chi connectivity index (χ1n) is 5.21. The second kappa shape index (κ2) is 6.52. The van der Waals surface area contributed by atoms with E-state index in [-0.39, 0.29) is 11.9 Å². The lowest BCUT2D eigenvalue weighted by Gasteiger charge is -2.16. The van der Waals surface area contributed by atoms with Crippen molar-refractivity contribution in [2.45, 2.75) is 25.8 Å². The minimum atomic E-state index is -0.308. The van der Waals surface area contributed by atoms with Gasteiger partial charge in [0.05, 0.1) is 0 Å². The predicted molar refractivity (Wildman–Crippen MR) is 65.9 cm³/mol. The van der Waals surface area contributed by atoms with E-state index < -0.39 is 0 Å². The number of rotatable bonds is 4. The lowest BCUT2D eigenvalue weighted by Crippen LogP contribution is -2.16. The minimum absolute atomic E-state index is 0.119. The summed E-state index contributed by atoms with van der Waals surface area (Å²) in [6, 6.07) is 4.61. The third-order valence-electron chi connectivity index (χ3n) is 2.42. The summed E-state index contributed by atoms with van der Waals surface area (Å²) in [5.74, 6) is 5.55. The van der Waals surface area contributed by atoms with Crippen molar-refractivity contribution in [2.75, 3.05) is 7.05 Å². The Morgan fingerprint density at radius 2 is 2.25 bits per heavy atom. The molecular formula is C13H15ClFN. The average molecular weight is 240 g/mol. The minimum Gasteiger partial charge on any atom is -0.313 e. The molecule has 0 fully saturated rings. The number of hydrogen-bond acceptors (Lipinski definition) is 1. The van der Waals surface area contributed by atoms with Crippen molar-refractivity contribution in [3.63, 3.8) is 0 Å². The molecule has 0 amide bonds. The molecule has 0 radical (unpaired) electrons. The molecule has 0 saturated carbocycles. The highest BCUT2D eigenvalue weighted by atomic mass is 35.5. The normalized spacial score (nSPS) is 11.8. The number of halogens is 2. The summed E-state index contributed by atoms with van der Waals surface area (Å²) >= 11 is 6.00. The van der Waals surface area contributed by atoms with Gasteiger partial charge in [-0.05, 0) is 38.1 Å². The average Bonchev–Trinajstić information content (AvgIpc) is 2.26. The van der Waals surface area contributed by atoms with Gasteiger partial charge in [0.1, 0.15) is 5.82 Å². The van der Waals surface area contributed by atoms with Crippen LogP contribution in [-0.2, 0) is 0 Å². The molecule has 1 unspecified atom stereocenters. The Kier molecular flexibility index (Phi) is 5.31. The van der Waals surface area contributed by atoms with Crippen molar-refractivity contribution >= 4 is 11.6 Å². The van der Waals surface area contributed by atoms with E-state index in [1.807, 2.05) is 14.0 Å². The van der Waals surface area contributed by atoms with Gasteiger partial charge in [-0.3, -0.25) is 0 Å². The highest BCUT2D eigenvalue weighted by Crippen LogP contribution is 2.26. The first-order chi connectivity index (χ1) is 7.69. The van der Waals surface area contributed by atoms with Crippen LogP contribution in [0, 0.1) is 17.7 Å². The molecular weight excluding hydrogens is 225 g/mol. The van der Waals surface area contributed by atoms with Crippen molar-refractivity contribution in [3.8, 4) is 11.8 Å². The summed E-state index contributed by atoms with van der Waals surface area (Å²) in [6.07, 6.45) is 1.67. The van der Waals surface area contributed by atoms with E-state index in [1.165, 1.54) is 12.1 Å². The van der Waals surface area contributed by atoms with Crippen LogP contribution in [0.25, 0.3) is 0 Å². The number of benzene rings is 1. The topological polar surface area (TPSA) is 12.0 Å². The molecule has 0 aliphatic rings. The molecule has 86 valence electrons. The van der Waals surface area contributed by atoms with E-state index in [1.54, 1.807) is 6.07 Å². The van der Waals surface area contributed by atoms with Crippen molar-refractivity contribution in [3.05, 3.63) is 34.6 Å². The monoisotopic (exact) mass is 239 g/mol. The van der Waals surface area contributed by atoms with Crippen LogP contribution in [0.1, 0.15) is 31.4 Å². The zero-order valence-corrected chi connectivity index (χ0v) is 10.2. The fraction of sp³-hybridized carbons (Fsp3) is 0.385. The van der Waals surface area contributed by atoms with Crippen LogP contribution in [-0.4, -0.2) is 7.05 Å². The first kappa shape index (κ1) is 13.0. The summed E-state index contributed by atoms with van der Waals surface area (Å²) in [7, 11) is 1.86. The summed E-state index contributed by atoms with van der Waals surface area (Å²) in [5.41, 5.74) is 0.920. The molecule has 16 heavy (non-hydrogen) atoms. The molecule has 1 aromatic rings. The molecule has 0 spiro atoms. The quantitative estimate of drug-likeness (QED) is 0.793. The third kappa shape index (κ3) is 3.52. The van der Waals surface area contributed by atoms with Gasteiger partial charge < -0.3 is 5.32 Å². The fourth-order valence-electron chi connectivity index (χ4n) is 1.58. The lowest BCUT2D eigenvalue weighted by atomic mass is 10.0. The second-order valence-electron chi connectivity index (χ2n) is 3.47. The van der Waals surface area contributed by atoms with Crippen LogP contribution in [0.4, 0.5) is 4.39 Å². The van der Waals surface area contributed by atoms with Gasteiger partial charge in [-0.15, -0.1) is 11.8 Å². The van der Waals surface area contributed by atoms with Gasteiger partial charge in [0.2, 0.25) is 0 Å². The fourth-order valence-corrected chi connectivity index (χ4v) is 1.88. The molecule has 1 rings (SSSR count). The molecule has 3 heteroatoms. The molecule has 1 N–H and O–H groups in total. The van der Waals surface area contributed by atoms with Gasteiger partial charge in [-0.2, -0.15) is 0 Å². The molecule has 0 saturated heterocycles. The Hall–Kier alpha value is -1.04. The van der Waals surface area contributed by atoms with Crippen LogP contribution in [0.2, 0.25) is 5.02 Å². The van der Waals surface area contributed by atoms with Crippen LogP contribution in [0.15, 0.2) is 18.2 Å². The molecule has 0 aliphatic carbocycles. The zero-order chi connectivity index (χ0) is 12.0. The standard InChI is InChI=1S/C13H15ClFN/c1-3-4-5-6-13(16-2)11-8-7-10(15)9-12(11)14/h7-9,13,16H,5-6H2,1-2H3. The summed E-state index contributed by atoms with van der Waals surface area (Å²) < 4.78 is 12.9. The zero-order valence-electron chi connectivity index (χ0n) is 9.48. The SMILES string of the molecule is CC#CCCC(NC)c1ccc(F)cc1Cl. The van der Waals surface area contributed by atoms with Crippen LogP contribution in [0.3, 0.4) is 0 Å². The van der Waals surface area contributed by atoms with Gasteiger partial charge >= 0.3 is 0 Å². The van der Waals surface area contributed by atoms with Gasteiger partial charge in [0.15, 0.2) is 0 Å². The second-order valence-corrected chi connectivity index (χ2v) is 3.88. The Bertz CT molecular complexity index is 406. The van der Waals surface area contributed by atoms with E-state index in [0.29, 0.717) is 5.02 Å². The van der Waals surface area contributed by atoms with Gasteiger partial charge in [-0.1, -0.05) is 17.7 Å². The summed E-state index contributed by atoms with van der Waals surface area (Å²) in [4.78, 5) is 0. The molecule has 0 aromatic heterocycles. The van der Waals surface area contributed by atoms with Crippen molar-refractivity contribution < 1.29 is 4.39 Å². The van der Waals surface area contributed by atoms with Gasteiger partial charge in [0.25, 0.3) is 0 Å². The summed E-state index contributed by atoms with van der Waals surface area (Å²) in [5, 5.41) is 3.62. The molecule has 1 aromatic carbocycles. The Morgan fingerprint density at radius 3 is 2.81 bits per heavy atom. The third-order valence-corrected chi connectivity index (χ3v) is 2.75. The van der Waals surface area contributed by atoms with Crippen molar-refractivity contribution in [1.82, 2.24) is 5.32 Å². The Morgan fingerprint density at radius 1 is 1.50 bits per heavy atom. The van der Waals surface area contributed by atoms with Crippen LogP contribution >= 0.6 is 11.6 Å². The molecule has 1 nitrogen and oxygen atoms in total. The van der Waals surface area contributed by atoms with E-state index in [9.17, 15) is 4.39 Å². The van der Waals surface area contributed by atoms with Crippen molar-refractivity contribution in [1.29, 1.82) is 0 Å². The largest absolute Gasteiger partial charge is 0.313 e. The predicted octanol–water partition coefficient (Wildman–Crippen LogP) is 3.54. The maximum atomic E-state index is 12.9. The van der Waals surface area contributed by atoms with E-state index in [2.05, 4.69) is 17.2 Å². The molecule has 0 aliphatic heterocycles. The number of nitrogens with one attached hydrogen (secondary N) is 1. The van der Waals surface area contributed by atoms with E-state index in [4.69, 9.17) is 11.6 Å². The van der Waals surface area contributed by atoms with Gasteiger partial charge in [0, 0.05) is 17.5 Å².